The molecule has 0 aliphatic carbocycles. The molecule has 0 bridgehead atoms. The number of anilines is 2. The van der Waals surface area contributed by atoms with E-state index >= 15 is 0 Å². The van der Waals surface area contributed by atoms with E-state index in [4.69, 9.17) is 15.5 Å². The van der Waals surface area contributed by atoms with Crippen molar-refractivity contribution in [2.75, 3.05) is 37.9 Å². The molecule has 0 saturated heterocycles. The monoisotopic (exact) mass is 561 g/mol. The van der Waals surface area contributed by atoms with E-state index in [1.54, 1.807) is 11.8 Å². The predicted molar refractivity (Wildman–Crippen MR) is 167 cm³/mol. The second-order valence-electron chi connectivity index (χ2n) is 10.5. The summed E-state index contributed by atoms with van der Waals surface area (Å²) < 4.78 is 9.09. The summed E-state index contributed by atoms with van der Waals surface area (Å²) in [5.74, 6) is 0.424. The molecule has 2 N–H and O–H groups in total. The van der Waals surface area contributed by atoms with Gasteiger partial charge in [0, 0.05) is 68.7 Å². The maximum atomic E-state index is 6.31. The molecule has 0 saturated carbocycles. The number of nitrogen functional groups attached to an aromatic ring is 1. The van der Waals surface area contributed by atoms with Crippen LogP contribution in [-0.2, 0) is 31.0 Å². The highest BCUT2D eigenvalue weighted by atomic mass is 16.5. The number of benzene rings is 1. The molecule has 6 aromatic rings. The van der Waals surface area contributed by atoms with Gasteiger partial charge in [0.05, 0.1) is 35.1 Å². The summed E-state index contributed by atoms with van der Waals surface area (Å²) in [5.41, 5.74) is 15.3. The average Bonchev–Trinajstić information content (AvgIpc) is 3.62. The summed E-state index contributed by atoms with van der Waals surface area (Å²) in [4.78, 5) is 20.6. The van der Waals surface area contributed by atoms with Gasteiger partial charge in [-0.3, -0.25) is 19.2 Å². The van der Waals surface area contributed by atoms with Gasteiger partial charge < -0.3 is 15.4 Å². The number of nitrogens with two attached hydrogens (primary N) is 1. The Morgan fingerprint density at radius 1 is 1.02 bits per heavy atom. The highest BCUT2D eigenvalue weighted by Gasteiger charge is 2.18. The van der Waals surface area contributed by atoms with Crippen molar-refractivity contribution in [2.45, 2.75) is 26.2 Å². The Morgan fingerprint density at radius 3 is 2.67 bits per heavy atom. The number of fused-ring (bicyclic) bond motifs is 2. The first kappa shape index (κ1) is 27.3. The Balaban J connectivity index is 1.29. The molecule has 10 heteroatoms. The van der Waals surface area contributed by atoms with E-state index in [2.05, 4.69) is 69.3 Å². The Hall–Kier alpha value is -4.83. The smallest absolute Gasteiger partial charge is 0.150 e. The molecule has 1 aromatic carbocycles. The van der Waals surface area contributed by atoms with Gasteiger partial charge >= 0.3 is 0 Å². The van der Waals surface area contributed by atoms with Gasteiger partial charge in [-0.2, -0.15) is 5.10 Å². The van der Waals surface area contributed by atoms with Gasteiger partial charge in [-0.15, -0.1) is 0 Å². The molecule has 214 valence electrons. The Labute approximate surface area is 244 Å². The van der Waals surface area contributed by atoms with Crippen LogP contribution in [0.5, 0.6) is 0 Å². The number of aryl methyl sites for hydroxylation is 4. The van der Waals surface area contributed by atoms with Gasteiger partial charge in [0.1, 0.15) is 12.1 Å². The van der Waals surface area contributed by atoms with E-state index in [1.165, 1.54) is 17.6 Å². The number of aromatic nitrogens is 7. The van der Waals surface area contributed by atoms with Gasteiger partial charge in [-0.05, 0) is 54.7 Å². The van der Waals surface area contributed by atoms with E-state index in [0.29, 0.717) is 12.4 Å². The maximum Gasteiger partial charge on any atom is 0.150 e. The SMILES string of the molecule is CCc1cc(N(C)CCOC)c2ccc(CCc3cncc(-n4cc(-c5ccn(C)n5)c5c(N)ncnc54)c3)cc2n1. The van der Waals surface area contributed by atoms with E-state index in [1.807, 2.05) is 42.5 Å². The average molecular weight is 562 g/mol. The summed E-state index contributed by atoms with van der Waals surface area (Å²) >= 11 is 0. The van der Waals surface area contributed by atoms with Crippen molar-refractivity contribution in [2.24, 2.45) is 7.05 Å². The topological polar surface area (TPSA) is 113 Å². The van der Waals surface area contributed by atoms with Gasteiger partial charge in [-0.1, -0.05) is 19.1 Å². The lowest BCUT2D eigenvalue weighted by molar-refractivity contribution is 0.206. The van der Waals surface area contributed by atoms with Crippen LogP contribution in [-0.4, -0.2) is 61.6 Å². The molecule has 0 unspecified atom stereocenters. The highest BCUT2D eigenvalue weighted by Crippen LogP contribution is 2.33. The number of pyridine rings is 2. The van der Waals surface area contributed by atoms with Crippen molar-refractivity contribution in [3.05, 3.63) is 84.3 Å². The fourth-order valence-electron chi connectivity index (χ4n) is 5.38. The molecule has 0 fully saturated rings. The fraction of sp³-hybridized carbons (Fsp3) is 0.281. The normalized spacial score (nSPS) is 11.5. The minimum atomic E-state index is 0.424. The Morgan fingerprint density at radius 2 is 1.88 bits per heavy atom. The van der Waals surface area contributed by atoms with E-state index in [9.17, 15) is 0 Å². The molecule has 5 heterocycles. The lowest BCUT2D eigenvalue weighted by atomic mass is 10.0. The molecule has 10 nitrogen and oxygen atoms in total. The van der Waals surface area contributed by atoms with Crippen molar-refractivity contribution in [3.8, 4) is 16.9 Å². The van der Waals surface area contributed by atoms with Crippen LogP contribution >= 0.6 is 0 Å². The number of methoxy groups -OCH3 is 1. The van der Waals surface area contributed by atoms with Crippen molar-refractivity contribution >= 4 is 33.4 Å². The van der Waals surface area contributed by atoms with Crippen LogP contribution in [0, 0.1) is 0 Å². The predicted octanol–water partition coefficient (Wildman–Crippen LogP) is 4.78. The van der Waals surface area contributed by atoms with Crippen LogP contribution < -0.4 is 10.6 Å². The van der Waals surface area contributed by atoms with Gasteiger partial charge in [0.2, 0.25) is 0 Å². The Kier molecular flexibility index (Phi) is 7.54. The summed E-state index contributed by atoms with van der Waals surface area (Å²) in [6.45, 7) is 3.64. The molecule has 0 amide bonds. The number of likely N-dealkylation sites (N-methyl/N-ethyl adjacent to an activating group) is 1. The van der Waals surface area contributed by atoms with Crippen LogP contribution in [0.1, 0.15) is 23.7 Å². The van der Waals surface area contributed by atoms with Crippen molar-refractivity contribution < 1.29 is 4.74 Å². The van der Waals surface area contributed by atoms with E-state index in [0.717, 1.165) is 75.9 Å². The highest BCUT2D eigenvalue weighted by molar-refractivity contribution is 6.00. The van der Waals surface area contributed by atoms with Gasteiger partial charge in [-0.25, -0.2) is 9.97 Å². The summed E-state index contributed by atoms with van der Waals surface area (Å²) in [7, 11) is 5.73. The molecule has 0 atom stereocenters. The number of rotatable bonds is 10. The first-order valence-electron chi connectivity index (χ1n) is 14.1. The third-order valence-corrected chi connectivity index (χ3v) is 7.67. The van der Waals surface area contributed by atoms with Gasteiger partial charge in [0.15, 0.2) is 5.65 Å². The molecule has 42 heavy (non-hydrogen) atoms. The molecular weight excluding hydrogens is 526 g/mol. The van der Waals surface area contributed by atoms with Crippen LogP contribution in [0.4, 0.5) is 11.5 Å². The summed E-state index contributed by atoms with van der Waals surface area (Å²) in [6.07, 6.45) is 11.8. The molecular formula is C32H35N9O. The quantitative estimate of drug-likeness (QED) is 0.254. The zero-order valence-corrected chi connectivity index (χ0v) is 24.4. The third-order valence-electron chi connectivity index (χ3n) is 7.67. The van der Waals surface area contributed by atoms with Crippen LogP contribution in [0.2, 0.25) is 0 Å². The van der Waals surface area contributed by atoms with E-state index < -0.39 is 0 Å². The van der Waals surface area contributed by atoms with Crippen LogP contribution in [0.25, 0.3) is 38.9 Å². The summed E-state index contributed by atoms with van der Waals surface area (Å²) in [5, 5.41) is 6.52. The number of hydrogen-bond donors (Lipinski definition) is 1. The molecule has 5 aromatic heterocycles. The zero-order valence-electron chi connectivity index (χ0n) is 24.4. The van der Waals surface area contributed by atoms with Crippen LogP contribution in [0.15, 0.2) is 67.5 Å². The van der Waals surface area contributed by atoms with Gasteiger partial charge in [0.25, 0.3) is 0 Å². The van der Waals surface area contributed by atoms with Crippen molar-refractivity contribution in [3.63, 3.8) is 0 Å². The fourth-order valence-corrected chi connectivity index (χ4v) is 5.38. The first-order valence-corrected chi connectivity index (χ1v) is 14.1. The second kappa shape index (κ2) is 11.6. The first-order chi connectivity index (χ1) is 20.4. The minimum Gasteiger partial charge on any atom is -0.383 e. The summed E-state index contributed by atoms with van der Waals surface area (Å²) in [6, 6.07) is 12.9. The number of nitrogens with zero attached hydrogens (tertiary/aromatic N) is 8. The zero-order chi connectivity index (χ0) is 29.2. The lowest BCUT2D eigenvalue weighted by Gasteiger charge is -2.21. The lowest BCUT2D eigenvalue weighted by Crippen LogP contribution is -2.22. The molecule has 0 aliphatic rings. The Bertz CT molecular complexity index is 1870. The van der Waals surface area contributed by atoms with E-state index in [-0.39, 0.29) is 0 Å². The van der Waals surface area contributed by atoms with Crippen LogP contribution in [0.3, 0.4) is 0 Å². The standard InChI is InChI=1S/C32H35N9O/c1-5-23-16-29(39(2)12-13-42-4)25-9-8-21(15-28(25)37-23)6-7-22-14-24(18-34-17-22)41-19-26(27-10-11-40(3)38-27)30-31(33)35-20-36-32(30)41/h8-11,14-20H,5-7,12-13H2,1-4H3,(H2,33,35,36). The van der Waals surface area contributed by atoms with Crippen molar-refractivity contribution in [1.29, 1.82) is 0 Å². The number of hydrogen-bond acceptors (Lipinski definition) is 8. The third kappa shape index (κ3) is 5.28. The minimum absolute atomic E-state index is 0.424. The molecule has 0 aliphatic heterocycles. The molecule has 0 spiro atoms. The molecule has 6 rings (SSSR count). The second-order valence-corrected chi connectivity index (χ2v) is 10.5. The molecule has 0 radical (unpaired) electrons. The maximum absolute atomic E-state index is 6.31. The van der Waals surface area contributed by atoms with Crippen molar-refractivity contribution in [1.82, 2.24) is 34.3 Å². The number of ether oxygens (including phenoxy) is 1. The largest absolute Gasteiger partial charge is 0.383 e.